The molecule has 3 unspecified atom stereocenters. The van der Waals surface area contributed by atoms with Crippen LogP contribution in [0.15, 0.2) is 41.4 Å². The van der Waals surface area contributed by atoms with E-state index in [9.17, 15) is 8.60 Å². The van der Waals surface area contributed by atoms with Gasteiger partial charge in [0.05, 0.1) is 22.4 Å². The number of alkyl halides is 1. The lowest BCUT2D eigenvalue weighted by molar-refractivity contribution is 0.366. The first-order valence-corrected chi connectivity index (χ1v) is 9.36. The summed E-state index contributed by atoms with van der Waals surface area (Å²) in [5.74, 6) is 0. The molecule has 0 aliphatic heterocycles. The summed E-state index contributed by atoms with van der Waals surface area (Å²) in [5, 5.41) is 3.65. The Kier molecular flexibility index (Phi) is 6.13. The third-order valence-corrected chi connectivity index (χ3v) is 4.98. The first-order chi connectivity index (χ1) is 10.9. The quantitative estimate of drug-likeness (QED) is 0.787. The minimum Gasteiger partial charge on any atom is -0.377 e. The Balaban J connectivity index is 2.26. The van der Waals surface area contributed by atoms with Gasteiger partial charge < -0.3 is 5.32 Å². The van der Waals surface area contributed by atoms with Crippen molar-refractivity contribution in [2.24, 2.45) is 0 Å². The lowest BCUT2D eigenvalue weighted by Crippen LogP contribution is -2.11. The number of aromatic nitrogens is 1. The molecule has 0 saturated carbocycles. The highest BCUT2D eigenvalue weighted by Gasteiger charge is 2.16. The number of pyridine rings is 1. The zero-order chi connectivity index (χ0) is 17.0. The normalized spacial score (nSPS) is 15.0. The molecule has 0 saturated heterocycles. The topological polar surface area (TPSA) is 42.0 Å². The van der Waals surface area contributed by atoms with Crippen LogP contribution >= 0.6 is 11.6 Å². The standard InChI is InChI=1S/C17H20ClFN2OS/c1-4-14(12-5-7-13(8-6-12)23(3)22)21-15-9-10-20-17(11(2)19)16(15)18/h5-11,14H,4H2,1-3H3,(H,20,21). The molecule has 124 valence electrons. The second-order valence-electron chi connectivity index (χ2n) is 5.30. The molecule has 2 rings (SSSR count). The van der Waals surface area contributed by atoms with E-state index in [1.807, 2.05) is 24.3 Å². The van der Waals surface area contributed by atoms with E-state index in [0.717, 1.165) is 16.9 Å². The number of rotatable bonds is 6. The first kappa shape index (κ1) is 17.9. The summed E-state index contributed by atoms with van der Waals surface area (Å²) < 4.78 is 25.0. The average molecular weight is 355 g/mol. The van der Waals surface area contributed by atoms with Gasteiger partial charge >= 0.3 is 0 Å². The summed E-state index contributed by atoms with van der Waals surface area (Å²) in [6.07, 6.45) is 2.81. The zero-order valence-corrected chi connectivity index (χ0v) is 14.9. The van der Waals surface area contributed by atoms with Gasteiger partial charge in [0.15, 0.2) is 0 Å². The second kappa shape index (κ2) is 7.88. The maximum absolute atomic E-state index is 13.5. The largest absolute Gasteiger partial charge is 0.377 e. The molecule has 3 atom stereocenters. The van der Waals surface area contributed by atoms with Crippen LogP contribution in [0.2, 0.25) is 5.02 Å². The summed E-state index contributed by atoms with van der Waals surface area (Å²) in [7, 11) is -0.994. The van der Waals surface area contributed by atoms with Gasteiger partial charge in [-0.15, -0.1) is 0 Å². The number of nitrogens with one attached hydrogen (secondary N) is 1. The van der Waals surface area contributed by atoms with E-state index in [-0.39, 0.29) is 11.7 Å². The van der Waals surface area contributed by atoms with E-state index in [1.54, 1.807) is 18.5 Å². The molecule has 6 heteroatoms. The van der Waals surface area contributed by atoms with Crippen LogP contribution in [0.4, 0.5) is 10.1 Å². The number of halogens is 2. The van der Waals surface area contributed by atoms with Gasteiger partial charge in [-0.25, -0.2) is 4.39 Å². The van der Waals surface area contributed by atoms with Gasteiger partial charge in [0.2, 0.25) is 0 Å². The van der Waals surface area contributed by atoms with Crippen molar-refractivity contribution in [3.63, 3.8) is 0 Å². The van der Waals surface area contributed by atoms with Crippen LogP contribution < -0.4 is 5.32 Å². The smallest absolute Gasteiger partial charge is 0.141 e. The van der Waals surface area contributed by atoms with E-state index >= 15 is 0 Å². The Morgan fingerprint density at radius 2 is 1.96 bits per heavy atom. The average Bonchev–Trinajstić information content (AvgIpc) is 2.53. The highest BCUT2D eigenvalue weighted by atomic mass is 35.5. The summed E-state index contributed by atoms with van der Waals surface area (Å²) in [4.78, 5) is 4.79. The van der Waals surface area contributed by atoms with Crippen molar-refractivity contribution in [1.29, 1.82) is 0 Å². The van der Waals surface area contributed by atoms with Gasteiger partial charge in [-0.1, -0.05) is 30.7 Å². The molecule has 1 heterocycles. The van der Waals surface area contributed by atoms with Gasteiger partial charge in [-0.3, -0.25) is 9.19 Å². The van der Waals surface area contributed by atoms with Crippen molar-refractivity contribution < 1.29 is 8.60 Å². The van der Waals surface area contributed by atoms with Crippen molar-refractivity contribution >= 4 is 28.1 Å². The van der Waals surface area contributed by atoms with E-state index in [0.29, 0.717) is 10.7 Å². The highest BCUT2D eigenvalue weighted by Crippen LogP contribution is 2.33. The molecule has 1 aromatic heterocycles. The summed E-state index contributed by atoms with van der Waals surface area (Å²) >= 11 is 6.25. The lowest BCUT2D eigenvalue weighted by Gasteiger charge is -2.20. The summed E-state index contributed by atoms with van der Waals surface area (Å²) in [6.45, 7) is 3.47. The van der Waals surface area contributed by atoms with E-state index in [1.165, 1.54) is 6.92 Å². The molecule has 1 N–H and O–H groups in total. The van der Waals surface area contributed by atoms with Gasteiger partial charge in [0.1, 0.15) is 6.17 Å². The molecular weight excluding hydrogens is 335 g/mol. The van der Waals surface area contributed by atoms with Gasteiger partial charge in [-0.05, 0) is 37.1 Å². The second-order valence-corrected chi connectivity index (χ2v) is 7.06. The Hall–Kier alpha value is -1.46. The molecule has 3 nitrogen and oxygen atoms in total. The number of anilines is 1. The van der Waals surface area contributed by atoms with Gasteiger partial charge in [-0.2, -0.15) is 0 Å². The van der Waals surface area contributed by atoms with Crippen molar-refractivity contribution in [3.05, 3.63) is 52.8 Å². The Morgan fingerprint density at radius 1 is 1.30 bits per heavy atom. The SMILES string of the molecule is CCC(Nc1ccnc(C(C)F)c1Cl)c1ccc(S(C)=O)cc1. The van der Waals surface area contributed by atoms with Crippen LogP contribution in [0.1, 0.15) is 43.7 Å². The van der Waals surface area contributed by atoms with Crippen LogP contribution in [0.5, 0.6) is 0 Å². The van der Waals surface area contributed by atoms with Crippen molar-refractivity contribution in [1.82, 2.24) is 4.98 Å². The fourth-order valence-electron chi connectivity index (χ4n) is 2.35. The van der Waals surface area contributed by atoms with E-state index < -0.39 is 17.0 Å². The minimum absolute atomic E-state index is 0.0250. The number of benzene rings is 1. The van der Waals surface area contributed by atoms with Crippen LogP contribution in [0.25, 0.3) is 0 Å². The molecular formula is C17H20ClFN2OS. The maximum Gasteiger partial charge on any atom is 0.141 e. The molecule has 0 radical (unpaired) electrons. The summed E-state index contributed by atoms with van der Waals surface area (Å²) in [6, 6.07) is 9.39. The molecule has 0 bridgehead atoms. The maximum atomic E-state index is 13.5. The molecule has 0 fully saturated rings. The van der Waals surface area contributed by atoms with Crippen molar-refractivity contribution in [2.75, 3.05) is 11.6 Å². The fraction of sp³-hybridized carbons (Fsp3) is 0.353. The Morgan fingerprint density at radius 3 is 2.48 bits per heavy atom. The van der Waals surface area contributed by atoms with Crippen LogP contribution in [0, 0.1) is 0 Å². The third-order valence-electron chi connectivity index (χ3n) is 3.65. The molecule has 0 aliphatic carbocycles. The van der Waals surface area contributed by atoms with Crippen LogP contribution in [-0.2, 0) is 10.8 Å². The Labute approximate surface area is 143 Å². The van der Waals surface area contributed by atoms with Gasteiger partial charge in [0.25, 0.3) is 0 Å². The number of nitrogens with zero attached hydrogens (tertiary/aromatic N) is 1. The minimum atomic E-state index is -1.22. The number of hydrogen-bond donors (Lipinski definition) is 1. The monoisotopic (exact) mass is 354 g/mol. The molecule has 0 aliphatic rings. The molecule has 2 aromatic rings. The number of hydrogen-bond acceptors (Lipinski definition) is 3. The predicted molar refractivity (Wildman–Crippen MR) is 94.2 cm³/mol. The van der Waals surface area contributed by atoms with Crippen LogP contribution in [0.3, 0.4) is 0 Å². The third kappa shape index (κ3) is 4.30. The predicted octanol–water partition coefficient (Wildman–Crippen LogP) is 5.07. The molecule has 0 amide bonds. The van der Waals surface area contributed by atoms with Gasteiger partial charge in [0, 0.05) is 28.1 Å². The molecule has 23 heavy (non-hydrogen) atoms. The van der Waals surface area contributed by atoms with Crippen molar-refractivity contribution in [2.45, 2.75) is 37.4 Å². The van der Waals surface area contributed by atoms with Crippen LogP contribution in [-0.4, -0.2) is 15.4 Å². The Bertz CT molecular complexity index is 691. The summed E-state index contributed by atoms with van der Waals surface area (Å²) in [5.41, 5.74) is 1.96. The first-order valence-electron chi connectivity index (χ1n) is 7.42. The molecule has 0 spiro atoms. The zero-order valence-electron chi connectivity index (χ0n) is 13.3. The van der Waals surface area contributed by atoms with E-state index in [4.69, 9.17) is 11.6 Å². The lowest BCUT2D eigenvalue weighted by atomic mass is 10.0. The van der Waals surface area contributed by atoms with E-state index in [2.05, 4.69) is 17.2 Å². The van der Waals surface area contributed by atoms with Crippen molar-refractivity contribution in [3.8, 4) is 0 Å². The highest BCUT2D eigenvalue weighted by molar-refractivity contribution is 7.84. The fourth-order valence-corrected chi connectivity index (χ4v) is 3.19. The molecule has 1 aromatic carbocycles.